The van der Waals surface area contributed by atoms with E-state index in [1.165, 1.54) is 22.2 Å². The summed E-state index contributed by atoms with van der Waals surface area (Å²) in [6.07, 6.45) is 0.821. The van der Waals surface area contributed by atoms with Gasteiger partial charge in [0.15, 0.2) is 10.9 Å². The maximum Gasteiger partial charge on any atom is 0.267 e. The van der Waals surface area contributed by atoms with Crippen LogP contribution in [0.5, 0.6) is 0 Å². The Morgan fingerprint density at radius 2 is 1.77 bits per heavy atom. The molecule has 0 saturated heterocycles. The molecular weight excluding hydrogens is 590 g/mol. The van der Waals surface area contributed by atoms with Gasteiger partial charge in [-0.3, -0.25) is 19.1 Å². The summed E-state index contributed by atoms with van der Waals surface area (Å²) in [5.41, 5.74) is 4.88. The number of halogens is 1. The lowest BCUT2D eigenvalue weighted by Crippen LogP contribution is -2.30. The second-order valence-corrected chi connectivity index (χ2v) is 12.7. The fourth-order valence-corrected chi connectivity index (χ4v) is 7.40. The number of aromatic nitrogens is 2. The Kier molecular flexibility index (Phi) is 7.53. The Balaban J connectivity index is 1.36. The lowest BCUT2D eigenvalue weighted by Gasteiger charge is -2.26. The van der Waals surface area contributed by atoms with E-state index in [2.05, 4.69) is 45.1 Å². The Labute approximate surface area is 243 Å². The quantitative estimate of drug-likeness (QED) is 0.111. The molecule has 196 valence electrons. The van der Waals surface area contributed by atoms with Gasteiger partial charge < -0.3 is 0 Å². The van der Waals surface area contributed by atoms with Gasteiger partial charge in [-0.05, 0) is 48.7 Å². The van der Waals surface area contributed by atoms with E-state index < -0.39 is 0 Å². The maximum absolute atomic E-state index is 14.1. The van der Waals surface area contributed by atoms with Crippen LogP contribution in [0.15, 0.2) is 93.3 Å². The number of hydrogen-bond donors (Lipinski definition) is 0. The predicted molar refractivity (Wildman–Crippen MR) is 163 cm³/mol. The number of aryl methyl sites for hydroxylation is 1. The molecule has 0 saturated carbocycles. The van der Waals surface area contributed by atoms with Crippen molar-refractivity contribution in [1.29, 1.82) is 0 Å². The average Bonchev–Trinajstić information content (AvgIpc) is 3.31. The van der Waals surface area contributed by atoms with Gasteiger partial charge in [-0.2, -0.15) is 0 Å². The third kappa shape index (κ3) is 5.52. The van der Waals surface area contributed by atoms with Crippen LogP contribution >= 0.6 is 39.0 Å². The number of hydrogen-bond acceptors (Lipinski definition) is 6. The van der Waals surface area contributed by atoms with Crippen LogP contribution in [0.3, 0.4) is 0 Å². The van der Waals surface area contributed by atoms with Crippen LogP contribution in [-0.2, 0) is 19.5 Å². The summed E-state index contributed by atoms with van der Waals surface area (Å²) < 4.78 is 2.61. The SMILES string of the molecule is Cc1ccc(-n2c(SCC(=O)c3ccc(Br)cc3)nc3sc4c(c3c2=O)CCN(Cc2ccccc2)C4)cc1. The van der Waals surface area contributed by atoms with E-state index in [0.29, 0.717) is 10.7 Å². The van der Waals surface area contributed by atoms with Gasteiger partial charge in [0.25, 0.3) is 5.56 Å². The molecule has 0 atom stereocenters. The lowest BCUT2D eigenvalue weighted by atomic mass is 10.0. The van der Waals surface area contributed by atoms with Crippen LogP contribution < -0.4 is 5.56 Å². The predicted octanol–water partition coefficient (Wildman–Crippen LogP) is 7.05. The van der Waals surface area contributed by atoms with E-state index in [0.717, 1.165) is 57.6 Å². The van der Waals surface area contributed by atoms with Gasteiger partial charge in [0.1, 0.15) is 4.83 Å². The molecule has 3 aromatic carbocycles. The van der Waals surface area contributed by atoms with Crippen LogP contribution in [-0.4, -0.2) is 32.5 Å². The Bertz CT molecular complexity index is 1710. The number of ketones is 1. The number of Topliss-reactive ketones (excluding diaryl/α,β-unsaturated/α-hetero) is 1. The molecule has 0 spiro atoms. The number of thioether (sulfide) groups is 1. The monoisotopic (exact) mass is 615 g/mol. The van der Waals surface area contributed by atoms with Gasteiger partial charge in [0.2, 0.25) is 0 Å². The Hall–Kier alpha value is -3.04. The number of carbonyl (C=O) groups is 1. The summed E-state index contributed by atoms with van der Waals surface area (Å²) in [7, 11) is 0. The summed E-state index contributed by atoms with van der Waals surface area (Å²) in [4.78, 5) is 36.5. The Morgan fingerprint density at radius 1 is 1.03 bits per heavy atom. The highest BCUT2D eigenvalue weighted by Gasteiger charge is 2.26. The van der Waals surface area contributed by atoms with Crippen molar-refractivity contribution in [2.24, 2.45) is 0 Å². The largest absolute Gasteiger partial charge is 0.294 e. The summed E-state index contributed by atoms with van der Waals surface area (Å²) in [6, 6.07) is 25.7. The number of carbonyl (C=O) groups excluding carboxylic acids is 1. The zero-order valence-corrected chi connectivity index (χ0v) is 24.6. The van der Waals surface area contributed by atoms with Gasteiger partial charge >= 0.3 is 0 Å². The van der Waals surface area contributed by atoms with E-state index in [1.807, 2.05) is 61.5 Å². The van der Waals surface area contributed by atoms with E-state index in [1.54, 1.807) is 15.9 Å². The van der Waals surface area contributed by atoms with Crippen molar-refractivity contribution in [2.45, 2.75) is 31.6 Å². The van der Waals surface area contributed by atoms with Crippen molar-refractivity contribution < 1.29 is 4.79 Å². The minimum absolute atomic E-state index is 0.000621. The van der Waals surface area contributed by atoms with E-state index in [9.17, 15) is 9.59 Å². The third-order valence-electron chi connectivity index (χ3n) is 6.96. The molecule has 0 unspecified atom stereocenters. The van der Waals surface area contributed by atoms with E-state index >= 15 is 0 Å². The molecule has 5 aromatic rings. The van der Waals surface area contributed by atoms with Gasteiger partial charge in [-0.1, -0.05) is 87.9 Å². The highest BCUT2D eigenvalue weighted by atomic mass is 79.9. The average molecular weight is 617 g/mol. The molecule has 1 aliphatic heterocycles. The highest BCUT2D eigenvalue weighted by molar-refractivity contribution is 9.10. The zero-order chi connectivity index (χ0) is 26.9. The van der Waals surface area contributed by atoms with Crippen molar-refractivity contribution >= 4 is 55.0 Å². The van der Waals surface area contributed by atoms with E-state index in [-0.39, 0.29) is 17.1 Å². The lowest BCUT2D eigenvalue weighted by molar-refractivity contribution is 0.102. The van der Waals surface area contributed by atoms with Crippen molar-refractivity contribution in [3.63, 3.8) is 0 Å². The number of nitrogens with zero attached hydrogens (tertiary/aromatic N) is 3. The van der Waals surface area contributed by atoms with E-state index in [4.69, 9.17) is 4.98 Å². The second-order valence-electron chi connectivity index (χ2n) is 9.72. The first-order valence-electron chi connectivity index (χ1n) is 12.8. The number of benzene rings is 3. The molecule has 0 N–H and O–H groups in total. The van der Waals surface area contributed by atoms with Crippen LogP contribution in [0.4, 0.5) is 0 Å². The minimum atomic E-state index is -0.0588. The topological polar surface area (TPSA) is 55.2 Å². The molecule has 6 rings (SSSR count). The summed E-state index contributed by atoms with van der Waals surface area (Å²) in [6.45, 7) is 4.61. The van der Waals surface area contributed by atoms with Crippen molar-refractivity contribution in [3.8, 4) is 5.69 Å². The number of rotatable bonds is 7. The summed E-state index contributed by atoms with van der Waals surface area (Å²) >= 11 is 6.35. The normalized spacial score (nSPS) is 13.5. The summed E-state index contributed by atoms with van der Waals surface area (Å²) in [5, 5.41) is 1.26. The number of fused-ring (bicyclic) bond motifs is 3. The van der Waals surface area contributed by atoms with Crippen LogP contribution in [0.2, 0.25) is 0 Å². The molecule has 1 aliphatic rings. The molecule has 8 heteroatoms. The standard InChI is InChI=1S/C31H26BrN3O2S2/c1-20-7-13-24(14-8-20)35-30(37)28-25-15-16-34(17-21-5-3-2-4-6-21)18-27(25)39-29(28)33-31(35)38-19-26(36)22-9-11-23(32)12-10-22/h2-14H,15-19H2,1H3. The van der Waals surface area contributed by atoms with Crippen LogP contribution in [0.1, 0.15) is 31.9 Å². The molecule has 3 heterocycles. The molecule has 0 amide bonds. The van der Waals surface area contributed by atoms with Gasteiger partial charge in [0, 0.05) is 34.5 Å². The minimum Gasteiger partial charge on any atom is -0.294 e. The zero-order valence-electron chi connectivity index (χ0n) is 21.4. The Morgan fingerprint density at radius 3 is 2.51 bits per heavy atom. The van der Waals surface area contributed by atoms with Crippen LogP contribution in [0.25, 0.3) is 15.9 Å². The molecule has 5 nitrogen and oxygen atoms in total. The molecule has 0 aliphatic carbocycles. The third-order valence-corrected chi connectivity index (χ3v) is 9.54. The first-order valence-corrected chi connectivity index (χ1v) is 15.4. The molecule has 39 heavy (non-hydrogen) atoms. The fourth-order valence-electron chi connectivity index (χ4n) is 4.92. The van der Waals surface area contributed by atoms with Crippen molar-refractivity contribution in [3.05, 3.63) is 121 Å². The highest BCUT2D eigenvalue weighted by Crippen LogP contribution is 2.35. The molecule has 0 fully saturated rings. The van der Waals surface area contributed by atoms with Gasteiger partial charge in [-0.25, -0.2) is 4.98 Å². The molecular formula is C31H26BrN3O2S2. The summed E-state index contributed by atoms with van der Waals surface area (Å²) in [5.74, 6) is 0.195. The second kappa shape index (κ2) is 11.2. The van der Waals surface area contributed by atoms with Gasteiger partial charge in [-0.15, -0.1) is 11.3 Å². The van der Waals surface area contributed by atoms with Crippen molar-refractivity contribution in [1.82, 2.24) is 14.5 Å². The fraction of sp³-hybridized carbons (Fsp3) is 0.194. The smallest absolute Gasteiger partial charge is 0.267 e. The maximum atomic E-state index is 14.1. The molecule has 0 bridgehead atoms. The first kappa shape index (κ1) is 26.2. The number of thiophene rings is 1. The van der Waals surface area contributed by atoms with Crippen LogP contribution in [0, 0.1) is 6.92 Å². The molecule has 2 aromatic heterocycles. The first-order chi connectivity index (χ1) is 19.0. The van der Waals surface area contributed by atoms with Crippen molar-refractivity contribution in [2.75, 3.05) is 12.3 Å². The van der Waals surface area contributed by atoms with Gasteiger partial charge in [0.05, 0.1) is 16.8 Å². The molecule has 0 radical (unpaired) electrons.